The number of aromatic nitrogens is 1. The Morgan fingerprint density at radius 3 is 2.28 bits per heavy atom. The van der Waals surface area contributed by atoms with E-state index in [1.165, 1.54) is 66.9 Å². The number of pyridine rings is 1. The molecule has 0 aliphatic rings. The Morgan fingerprint density at radius 1 is 0.930 bits per heavy atom. The number of hydrogen-bond donors (Lipinski definition) is 4. The van der Waals surface area contributed by atoms with Crippen LogP contribution in [-0.4, -0.2) is 29.9 Å². The third kappa shape index (κ3) is 8.44. The van der Waals surface area contributed by atoms with E-state index >= 15 is 0 Å². The monoisotopic (exact) mass is 634 g/mol. The van der Waals surface area contributed by atoms with Crippen molar-refractivity contribution in [2.45, 2.75) is 24.5 Å². The molecular formula is C28H22ClF3N4O6S. The quantitative estimate of drug-likeness (QED) is 0.158. The lowest BCUT2D eigenvalue weighted by Gasteiger charge is -2.13. The molecule has 0 fully saturated rings. The zero-order chi connectivity index (χ0) is 31.4. The van der Waals surface area contributed by atoms with E-state index in [0.717, 1.165) is 12.1 Å². The molecule has 0 spiro atoms. The fourth-order valence-electron chi connectivity index (χ4n) is 3.72. The van der Waals surface area contributed by atoms with Crippen LogP contribution in [0.15, 0.2) is 83.9 Å². The Morgan fingerprint density at radius 2 is 1.60 bits per heavy atom. The molecule has 0 aliphatic carbocycles. The van der Waals surface area contributed by atoms with Crippen LogP contribution in [0.4, 0.5) is 29.3 Å². The Balaban J connectivity index is 1.35. The number of urea groups is 1. The predicted molar refractivity (Wildman–Crippen MR) is 152 cm³/mol. The van der Waals surface area contributed by atoms with Gasteiger partial charge in [0.25, 0.3) is 16.0 Å². The normalized spacial score (nSPS) is 11.5. The second-order valence-corrected chi connectivity index (χ2v) is 10.8. The van der Waals surface area contributed by atoms with Gasteiger partial charge in [-0.3, -0.25) is 14.3 Å². The first-order valence-electron chi connectivity index (χ1n) is 12.2. The molecule has 0 atom stereocenters. The van der Waals surface area contributed by atoms with Crippen LogP contribution < -0.4 is 20.7 Å². The molecule has 10 nitrogen and oxygen atoms in total. The fourth-order valence-corrected chi connectivity index (χ4v) is 4.48. The summed E-state index contributed by atoms with van der Waals surface area (Å²) >= 11 is 5.60. The minimum atomic E-state index is -4.68. The maximum Gasteiger partial charge on any atom is 0.417 e. The van der Waals surface area contributed by atoms with Gasteiger partial charge in [0.2, 0.25) is 0 Å². The average molecular weight is 635 g/mol. The lowest BCUT2D eigenvalue weighted by molar-refractivity contribution is -0.137. The number of hydrogen-bond acceptors (Lipinski definition) is 6. The average Bonchev–Trinajstić information content (AvgIpc) is 2.93. The molecule has 3 amide bonds. The molecule has 0 bridgehead atoms. The maximum absolute atomic E-state index is 13.1. The summed E-state index contributed by atoms with van der Waals surface area (Å²) in [5.41, 5.74) is 0.343. The van der Waals surface area contributed by atoms with E-state index in [2.05, 4.69) is 20.9 Å². The molecule has 3 aromatic carbocycles. The van der Waals surface area contributed by atoms with E-state index in [1.54, 1.807) is 6.92 Å². The second-order valence-electron chi connectivity index (χ2n) is 9.02. The zero-order valence-electron chi connectivity index (χ0n) is 22.1. The topological polar surface area (TPSA) is 147 Å². The smallest absolute Gasteiger partial charge is 0.417 e. The van der Waals surface area contributed by atoms with Crippen molar-refractivity contribution >= 4 is 45.0 Å². The molecule has 0 aliphatic heterocycles. The number of amides is 3. The van der Waals surface area contributed by atoms with E-state index < -0.39 is 38.8 Å². The number of nitrogens with zero attached hydrogens (tertiary/aromatic N) is 1. The zero-order valence-corrected chi connectivity index (χ0v) is 23.6. The summed E-state index contributed by atoms with van der Waals surface area (Å²) in [6.07, 6.45) is -3.32. The van der Waals surface area contributed by atoms with Gasteiger partial charge in [-0.2, -0.15) is 21.6 Å². The van der Waals surface area contributed by atoms with Crippen LogP contribution in [0.2, 0.25) is 5.02 Å². The summed E-state index contributed by atoms with van der Waals surface area (Å²) in [5, 5.41) is 6.95. The minimum Gasteiger partial charge on any atom is -0.457 e. The van der Waals surface area contributed by atoms with Gasteiger partial charge >= 0.3 is 12.2 Å². The number of aryl methyl sites for hydroxylation is 1. The second kappa shape index (κ2) is 12.7. The summed E-state index contributed by atoms with van der Waals surface area (Å²) in [6.45, 7) is 1.70. The van der Waals surface area contributed by atoms with Gasteiger partial charge in [0, 0.05) is 30.2 Å². The number of carbonyl (C=O) groups excluding carboxylic acids is 2. The van der Waals surface area contributed by atoms with Crippen molar-refractivity contribution < 1.29 is 40.5 Å². The Hall–Kier alpha value is -4.66. The number of anilines is 2. The van der Waals surface area contributed by atoms with Gasteiger partial charge in [0.05, 0.1) is 15.5 Å². The molecule has 1 heterocycles. The van der Waals surface area contributed by atoms with Gasteiger partial charge in [0.1, 0.15) is 17.2 Å². The molecule has 1 aromatic heterocycles. The Labute approximate surface area is 248 Å². The highest BCUT2D eigenvalue weighted by Crippen LogP contribution is 2.36. The molecule has 43 heavy (non-hydrogen) atoms. The number of rotatable bonds is 8. The SMILES string of the molecule is Cc1ccc(S(=O)(=O)O)cc1CNC(=O)c1cc(Oc2ccc(NC(=O)Nc3ccc(Cl)c(C(F)(F)F)c3)cc2)ccn1. The molecule has 4 rings (SSSR count). The lowest BCUT2D eigenvalue weighted by Crippen LogP contribution is -2.24. The highest BCUT2D eigenvalue weighted by Gasteiger charge is 2.33. The van der Waals surface area contributed by atoms with Gasteiger partial charge in [-0.25, -0.2) is 4.79 Å². The Bertz CT molecular complexity index is 1780. The number of halogens is 4. The van der Waals surface area contributed by atoms with Crippen LogP contribution in [0.25, 0.3) is 0 Å². The van der Waals surface area contributed by atoms with Crippen molar-refractivity contribution in [2.75, 3.05) is 10.6 Å². The molecular weight excluding hydrogens is 613 g/mol. The van der Waals surface area contributed by atoms with Crippen molar-refractivity contribution in [3.63, 3.8) is 0 Å². The van der Waals surface area contributed by atoms with Crippen molar-refractivity contribution in [1.29, 1.82) is 0 Å². The van der Waals surface area contributed by atoms with Gasteiger partial charge in [-0.05, 0) is 78.7 Å². The van der Waals surface area contributed by atoms with E-state index in [1.807, 2.05) is 0 Å². The first kappa shape index (κ1) is 31.3. The minimum absolute atomic E-state index is 0.0203. The highest BCUT2D eigenvalue weighted by atomic mass is 35.5. The first-order valence-corrected chi connectivity index (χ1v) is 14.0. The van der Waals surface area contributed by atoms with Gasteiger partial charge in [0.15, 0.2) is 0 Å². The predicted octanol–water partition coefficient (Wildman–Crippen LogP) is 6.68. The van der Waals surface area contributed by atoms with Crippen LogP contribution in [0.5, 0.6) is 11.5 Å². The van der Waals surface area contributed by atoms with Crippen LogP contribution in [0, 0.1) is 6.92 Å². The van der Waals surface area contributed by atoms with Crippen LogP contribution in [0.1, 0.15) is 27.2 Å². The molecule has 0 unspecified atom stereocenters. The Kier molecular flexibility index (Phi) is 9.23. The summed E-state index contributed by atoms with van der Waals surface area (Å²) in [4.78, 5) is 28.7. The summed E-state index contributed by atoms with van der Waals surface area (Å²) in [6, 6.07) is 15.2. The van der Waals surface area contributed by atoms with E-state index in [-0.39, 0.29) is 28.6 Å². The van der Waals surface area contributed by atoms with Crippen LogP contribution in [-0.2, 0) is 22.8 Å². The van der Waals surface area contributed by atoms with E-state index in [9.17, 15) is 35.7 Å². The number of ether oxygens (including phenoxy) is 1. The van der Waals surface area contributed by atoms with Crippen LogP contribution in [0.3, 0.4) is 0 Å². The number of nitrogens with one attached hydrogen (secondary N) is 3. The maximum atomic E-state index is 13.1. The standard InChI is InChI=1S/C28H22ClF3N4O6S/c1-16-2-8-22(43(39,40)41)12-17(16)15-34-26(37)25-14-21(10-11-33-25)42-20-6-3-18(4-7-20)35-27(38)36-19-5-9-24(29)23(13-19)28(30,31)32/h2-14H,15H2,1H3,(H,34,37)(H2,35,36,38)(H,39,40,41). The number of benzene rings is 3. The molecule has 4 N–H and O–H groups in total. The third-order valence-electron chi connectivity index (χ3n) is 5.90. The molecule has 4 aromatic rings. The van der Waals surface area contributed by atoms with Crippen molar-refractivity contribution in [3.05, 3.63) is 106 Å². The lowest BCUT2D eigenvalue weighted by atomic mass is 10.1. The summed E-state index contributed by atoms with van der Waals surface area (Å²) in [5.74, 6) is 0.0516. The molecule has 224 valence electrons. The first-order chi connectivity index (χ1) is 20.2. The van der Waals surface area contributed by atoms with Crippen molar-refractivity contribution in [1.82, 2.24) is 10.3 Å². The van der Waals surface area contributed by atoms with Crippen molar-refractivity contribution in [3.8, 4) is 11.5 Å². The van der Waals surface area contributed by atoms with Crippen LogP contribution >= 0.6 is 11.6 Å². The molecule has 15 heteroatoms. The van der Waals surface area contributed by atoms with E-state index in [0.29, 0.717) is 22.6 Å². The van der Waals surface area contributed by atoms with Gasteiger partial charge in [-0.15, -0.1) is 0 Å². The summed E-state index contributed by atoms with van der Waals surface area (Å²) in [7, 11) is -4.40. The molecule has 0 saturated carbocycles. The summed E-state index contributed by atoms with van der Waals surface area (Å²) < 4.78 is 77.0. The van der Waals surface area contributed by atoms with Gasteiger partial charge in [-0.1, -0.05) is 17.7 Å². The molecule has 0 saturated heterocycles. The molecule has 0 radical (unpaired) electrons. The van der Waals surface area contributed by atoms with Crippen molar-refractivity contribution in [2.24, 2.45) is 0 Å². The largest absolute Gasteiger partial charge is 0.457 e. The fraction of sp³-hybridized carbons (Fsp3) is 0.107. The number of alkyl halides is 3. The third-order valence-corrected chi connectivity index (χ3v) is 7.08. The highest BCUT2D eigenvalue weighted by molar-refractivity contribution is 7.85. The number of carbonyl (C=O) groups is 2. The van der Waals surface area contributed by atoms with E-state index in [4.69, 9.17) is 16.3 Å². The van der Waals surface area contributed by atoms with Gasteiger partial charge < -0.3 is 20.7 Å².